The predicted octanol–water partition coefficient (Wildman–Crippen LogP) is 2.79. The minimum atomic E-state index is -0.644. The summed E-state index contributed by atoms with van der Waals surface area (Å²) in [6.45, 7) is 2.07. The first kappa shape index (κ1) is 12.9. The largest absolute Gasteiger partial charge is 0.465 e. The Morgan fingerprint density at radius 3 is 3.00 bits per heavy atom. The molecule has 1 aliphatic rings. The fourth-order valence-corrected chi connectivity index (χ4v) is 3.11. The third-order valence-electron chi connectivity index (χ3n) is 4.01. The van der Waals surface area contributed by atoms with Crippen LogP contribution in [0.15, 0.2) is 30.5 Å². The summed E-state index contributed by atoms with van der Waals surface area (Å²) in [7, 11) is 0. The number of hydrogen-bond donors (Lipinski definition) is 1. The van der Waals surface area contributed by atoms with Crippen LogP contribution in [-0.2, 0) is 14.3 Å². The molecule has 1 heterocycles. The van der Waals surface area contributed by atoms with Crippen molar-refractivity contribution in [1.29, 1.82) is 0 Å². The van der Waals surface area contributed by atoms with Gasteiger partial charge in [-0.3, -0.25) is 9.59 Å². The van der Waals surface area contributed by atoms with Gasteiger partial charge in [-0.1, -0.05) is 18.2 Å². The smallest absolute Gasteiger partial charge is 0.317 e. The lowest BCUT2D eigenvalue weighted by atomic mass is 9.88. The SMILES string of the molecule is CCOC(=O)[C@@H]1C(=O)CC[C@H]1c1c[nH]c2ccccc12. The monoisotopic (exact) mass is 271 g/mol. The number of ether oxygens (including phenoxy) is 1. The summed E-state index contributed by atoms with van der Waals surface area (Å²) >= 11 is 0. The quantitative estimate of drug-likeness (QED) is 0.689. The molecular formula is C16H17NO3. The molecule has 0 spiro atoms. The van der Waals surface area contributed by atoms with Crippen LogP contribution in [0.25, 0.3) is 10.9 Å². The molecule has 0 amide bonds. The Morgan fingerprint density at radius 2 is 2.20 bits per heavy atom. The molecule has 4 heteroatoms. The average molecular weight is 271 g/mol. The molecule has 0 radical (unpaired) electrons. The van der Waals surface area contributed by atoms with Crippen LogP contribution in [0.3, 0.4) is 0 Å². The Bertz CT molecular complexity index is 659. The van der Waals surface area contributed by atoms with Crippen LogP contribution in [0.2, 0.25) is 0 Å². The summed E-state index contributed by atoms with van der Waals surface area (Å²) in [6.07, 6.45) is 3.08. The Hall–Kier alpha value is -2.10. The maximum Gasteiger partial charge on any atom is 0.317 e. The number of esters is 1. The maximum atomic E-state index is 12.0. The summed E-state index contributed by atoms with van der Waals surface area (Å²) in [5.74, 6) is -1.10. The van der Waals surface area contributed by atoms with Gasteiger partial charge in [-0.25, -0.2) is 0 Å². The van der Waals surface area contributed by atoms with Gasteiger partial charge in [0.25, 0.3) is 0 Å². The van der Waals surface area contributed by atoms with Crippen LogP contribution in [0, 0.1) is 5.92 Å². The number of ketones is 1. The molecule has 3 rings (SSSR count). The van der Waals surface area contributed by atoms with E-state index in [-0.39, 0.29) is 17.7 Å². The number of rotatable bonds is 3. The molecule has 0 aliphatic heterocycles. The van der Waals surface area contributed by atoms with Gasteiger partial charge in [0.2, 0.25) is 0 Å². The van der Waals surface area contributed by atoms with E-state index in [0.29, 0.717) is 19.4 Å². The number of para-hydroxylation sites is 1. The topological polar surface area (TPSA) is 59.2 Å². The van der Waals surface area contributed by atoms with Crippen LogP contribution in [0.4, 0.5) is 0 Å². The molecule has 0 unspecified atom stereocenters. The highest BCUT2D eigenvalue weighted by atomic mass is 16.5. The van der Waals surface area contributed by atoms with Crippen molar-refractivity contribution < 1.29 is 14.3 Å². The van der Waals surface area contributed by atoms with Gasteiger partial charge in [-0.05, 0) is 25.0 Å². The van der Waals surface area contributed by atoms with Gasteiger partial charge in [0.05, 0.1) is 6.61 Å². The lowest BCUT2D eigenvalue weighted by Crippen LogP contribution is -2.26. The summed E-state index contributed by atoms with van der Waals surface area (Å²) in [5, 5.41) is 1.08. The number of carbonyl (C=O) groups excluding carboxylic acids is 2. The molecule has 2 atom stereocenters. The first-order valence-corrected chi connectivity index (χ1v) is 6.97. The van der Waals surface area contributed by atoms with Crippen molar-refractivity contribution in [2.75, 3.05) is 6.61 Å². The van der Waals surface area contributed by atoms with Crippen molar-refractivity contribution in [3.05, 3.63) is 36.0 Å². The molecule has 20 heavy (non-hydrogen) atoms. The number of fused-ring (bicyclic) bond motifs is 1. The molecule has 1 aliphatic carbocycles. The maximum absolute atomic E-state index is 12.0. The zero-order chi connectivity index (χ0) is 14.1. The van der Waals surface area contributed by atoms with E-state index in [1.54, 1.807) is 6.92 Å². The number of carbonyl (C=O) groups is 2. The van der Waals surface area contributed by atoms with E-state index in [1.807, 2.05) is 30.5 Å². The van der Waals surface area contributed by atoms with E-state index in [4.69, 9.17) is 4.74 Å². The Morgan fingerprint density at radius 1 is 1.40 bits per heavy atom. The Labute approximate surface area is 117 Å². The number of hydrogen-bond acceptors (Lipinski definition) is 3. The molecule has 4 nitrogen and oxygen atoms in total. The first-order chi connectivity index (χ1) is 9.72. The standard InChI is InChI=1S/C16H17NO3/c1-2-20-16(19)15-11(7-8-14(15)18)12-9-17-13-6-4-3-5-10(12)13/h3-6,9,11,15,17H,2,7-8H2,1H3/t11-,15-/m0/s1. The highest BCUT2D eigenvalue weighted by Gasteiger charge is 2.42. The molecule has 1 aromatic carbocycles. The van der Waals surface area contributed by atoms with Crippen LogP contribution < -0.4 is 0 Å². The fourth-order valence-electron chi connectivity index (χ4n) is 3.11. The number of Topliss-reactive ketones (excluding diaryl/α,β-unsaturated/α-hetero) is 1. The van der Waals surface area contributed by atoms with E-state index in [0.717, 1.165) is 16.5 Å². The third-order valence-corrected chi connectivity index (χ3v) is 4.01. The molecular weight excluding hydrogens is 254 g/mol. The summed E-state index contributed by atoms with van der Waals surface area (Å²) in [5.41, 5.74) is 2.08. The second kappa shape index (κ2) is 5.12. The molecule has 104 valence electrons. The van der Waals surface area contributed by atoms with Crippen molar-refractivity contribution in [3.63, 3.8) is 0 Å². The third kappa shape index (κ3) is 2.01. The lowest BCUT2D eigenvalue weighted by Gasteiger charge is -2.16. The van der Waals surface area contributed by atoms with Crippen molar-refractivity contribution >= 4 is 22.7 Å². The molecule has 1 fully saturated rings. The van der Waals surface area contributed by atoms with Crippen molar-refractivity contribution in [3.8, 4) is 0 Å². The van der Waals surface area contributed by atoms with Crippen molar-refractivity contribution in [2.45, 2.75) is 25.7 Å². The second-order valence-corrected chi connectivity index (χ2v) is 5.13. The van der Waals surface area contributed by atoms with Crippen molar-refractivity contribution in [2.24, 2.45) is 5.92 Å². The molecule has 1 saturated carbocycles. The highest BCUT2D eigenvalue weighted by Crippen LogP contribution is 2.40. The zero-order valence-corrected chi connectivity index (χ0v) is 11.4. The van der Waals surface area contributed by atoms with E-state index in [1.165, 1.54) is 0 Å². The fraction of sp³-hybridized carbons (Fsp3) is 0.375. The van der Waals surface area contributed by atoms with Crippen LogP contribution in [-0.4, -0.2) is 23.3 Å². The number of aromatic nitrogens is 1. The second-order valence-electron chi connectivity index (χ2n) is 5.13. The summed E-state index contributed by atoms with van der Waals surface area (Å²) in [6, 6.07) is 7.95. The van der Waals surface area contributed by atoms with Crippen LogP contribution in [0.5, 0.6) is 0 Å². The predicted molar refractivity (Wildman–Crippen MR) is 75.4 cm³/mol. The average Bonchev–Trinajstić information content (AvgIpc) is 3.02. The molecule has 0 bridgehead atoms. The number of nitrogens with one attached hydrogen (secondary N) is 1. The van der Waals surface area contributed by atoms with E-state index in [9.17, 15) is 9.59 Å². The van der Waals surface area contributed by atoms with Crippen molar-refractivity contribution in [1.82, 2.24) is 4.98 Å². The number of benzene rings is 1. The minimum Gasteiger partial charge on any atom is -0.465 e. The van der Waals surface area contributed by atoms with Crippen LogP contribution in [0.1, 0.15) is 31.2 Å². The van der Waals surface area contributed by atoms with Crippen LogP contribution >= 0.6 is 0 Å². The van der Waals surface area contributed by atoms with E-state index >= 15 is 0 Å². The minimum absolute atomic E-state index is 0.00117. The van der Waals surface area contributed by atoms with Gasteiger partial charge in [0.1, 0.15) is 11.7 Å². The van der Waals surface area contributed by atoms with Gasteiger partial charge in [0.15, 0.2) is 0 Å². The number of aromatic amines is 1. The summed E-state index contributed by atoms with van der Waals surface area (Å²) < 4.78 is 5.07. The van der Waals surface area contributed by atoms with Gasteiger partial charge in [0, 0.05) is 29.4 Å². The van der Waals surface area contributed by atoms with E-state index < -0.39 is 5.92 Å². The van der Waals surface area contributed by atoms with Gasteiger partial charge < -0.3 is 9.72 Å². The molecule has 2 aromatic rings. The van der Waals surface area contributed by atoms with E-state index in [2.05, 4.69) is 4.98 Å². The molecule has 0 saturated heterocycles. The van der Waals surface area contributed by atoms with Gasteiger partial charge in [-0.2, -0.15) is 0 Å². The molecule has 1 aromatic heterocycles. The van der Waals surface area contributed by atoms with Gasteiger partial charge in [-0.15, -0.1) is 0 Å². The summed E-state index contributed by atoms with van der Waals surface area (Å²) in [4.78, 5) is 27.3. The molecule has 1 N–H and O–H groups in total. The lowest BCUT2D eigenvalue weighted by molar-refractivity contribution is -0.151. The Balaban J connectivity index is 2.00. The highest BCUT2D eigenvalue weighted by molar-refractivity contribution is 6.02. The zero-order valence-electron chi connectivity index (χ0n) is 11.4. The first-order valence-electron chi connectivity index (χ1n) is 6.97. The Kier molecular flexibility index (Phi) is 3.30. The number of H-pyrrole nitrogens is 1. The normalized spacial score (nSPS) is 22.4. The van der Waals surface area contributed by atoms with Gasteiger partial charge >= 0.3 is 5.97 Å².